The highest BCUT2D eigenvalue weighted by Gasteiger charge is 2.43. The van der Waals surface area contributed by atoms with E-state index in [2.05, 4.69) is 71.2 Å². The Bertz CT molecular complexity index is 397. The first kappa shape index (κ1) is 21.2. The van der Waals surface area contributed by atoms with E-state index in [0.29, 0.717) is 10.5 Å². The number of hydrogen-bond acceptors (Lipinski definition) is 3. The Hall–Kier alpha value is 0.877. The quantitative estimate of drug-likeness (QED) is 0.467. The summed E-state index contributed by atoms with van der Waals surface area (Å²) in [5, 5.41) is 0.321. The van der Waals surface area contributed by atoms with Crippen LogP contribution in [0.2, 0.25) is 18.1 Å². The van der Waals surface area contributed by atoms with Gasteiger partial charge in [0.05, 0.1) is 4.58 Å². The van der Waals surface area contributed by atoms with Crippen molar-refractivity contribution in [3.05, 3.63) is 0 Å². The molecule has 1 saturated heterocycles. The van der Waals surface area contributed by atoms with Crippen molar-refractivity contribution in [2.75, 3.05) is 18.1 Å². The van der Waals surface area contributed by atoms with Crippen LogP contribution in [0, 0.1) is 17.3 Å². The van der Waals surface area contributed by atoms with Crippen LogP contribution in [0.5, 0.6) is 0 Å². The minimum absolute atomic E-state index is 0.321. The molecule has 1 aliphatic carbocycles. The van der Waals surface area contributed by atoms with Gasteiger partial charge in [0.1, 0.15) is 0 Å². The molecule has 4 heteroatoms. The molecular weight excluding hydrogens is 348 g/mol. The number of thioether (sulfide) groups is 2. The third kappa shape index (κ3) is 5.44. The largest absolute Gasteiger partial charge is 0.417 e. The molecule has 0 aromatic rings. The van der Waals surface area contributed by atoms with Crippen LogP contribution in [0.25, 0.3) is 0 Å². The van der Waals surface area contributed by atoms with E-state index in [-0.39, 0.29) is 0 Å². The summed E-state index contributed by atoms with van der Waals surface area (Å²) in [5.74, 6) is 4.34. The van der Waals surface area contributed by atoms with Gasteiger partial charge in [0.2, 0.25) is 0 Å². The van der Waals surface area contributed by atoms with Gasteiger partial charge in [-0.3, -0.25) is 0 Å². The van der Waals surface area contributed by atoms with Gasteiger partial charge in [-0.1, -0.05) is 41.0 Å². The second kappa shape index (κ2) is 8.27. The van der Waals surface area contributed by atoms with Gasteiger partial charge in [-0.25, -0.2) is 0 Å². The first-order valence-electron chi connectivity index (χ1n) is 9.90. The molecule has 0 radical (unpaired) electrons. The molecule has 0 spiro atoms. The molecule has 2 fully saturated rings. The van der Waals surface area contributed by atoms with Gasteiger partial charge in [-0.2, -0.15) is 0 Å². The molecule has 142 valence electrons. The van der Waals surface area contributed by atoms with Crippen LogP contribution >= 0.6 is 23.5 Å². The van der Waals surface area contributed by atoms with Crippen molar-refractivity contribution in [3.8, 4) is 0 Å². The van der Waals surface area contributed by atoms with Crippen molar-refractivity contribution in [1.82, 2.24) is 0 Å². The molecule has 24 heavy (non-hydrogen) atoms. The van der Waals surface area contributed by atoms with Crippen molar-refractivity contribution < 1.29 is 4.43 Å². The number of rotatable bonds is 5. The summed E-state index contributed by atoms with van der Waals surface area (Å²) >= 11 is 4.44. The maximum atomic E-state index is 6.67. The molecule has 0 N–H and O–H groups in total. The van der Waals surface area contributed by atoms with Gasteiger partial charge in [-0.15, -0.1) is 23.5 Å². The average molecular weight is 389 g/mol. The topological polar surface area (TPSA) is 9.23 Å². The molecule has 2 atom stereocenters. The van der Waals surface area contributed by atoms with Crippen LogP contribution in [0.4, 0.5) is 0 Å². The van der Waals surface area contributed by atoms with Gasteiger partial charge in [0, 0.05) is 6.61 Å². The molecule has 1 saturated carbocycles. The molecule has 0 aromatic carbocycles. The lowest BCUT2D eigenvalue weighted by Gasteiger charge is -2.47. The maximum Gasteiger partial charge on any atom is 0.191 e. The van der Waals surface area contributed by atoms with Gasteiger partial charge in [0.25, 0.3) is 0 Å². The van der Waals surface area contributed by atoms with Crippen LogP contribution in [-0.2, 0) is 4.43 Å². The summed E-state index contributed by atoms with van der Waals surface area (Å²) in [4.78, 5) is 0. The van der Waals surface area contributed by atoms with Gasteiger partial charge >= 0.3 is 0 Å². The fourth-order valence-corrected chi connectivity index (χ4v) is 8.01. The summed E-state index contributed by atoms with van der Waals surface area (Å²) in [6.45, 7) is 17.9. The highest BCUT2D eigenvalue weighted by molar-refractivity contribution is 8.17. The average Bonchev–Trinajstić information content (AvgIpc) is 2.47. The number of hydrogen-bond donors (Lipinski definition) is 0. The minimum atomic E-state index is -1.63. The first-order valence-corrected chi connectivity index (χ1v) is 14.9. The monoisotopic (exact) mass is 388 g/mol. The fourth-order valence-electron chi connectivity index (χ4n) is 3.97. The minimum Gasteiger partial charge on any atom is -0.417 e. The van der Waals surface area contributed by atoms with E-state index in [9.17, 15) is 0 Å². The molecule has 2 aliphatic rings. The zero-order valence-electron chi connectivity index (χ0n) is 17.1. The van der Waals surface area contributed by atoms with Crippen LogP contribution in [0.3, 0.4) is 0 Å². The van der Waals surface area contributed by atoms with Crippen molar-refractivity contribution in [2.45, 2.75) is 89.4 Å². The van der Waals surface area contributed by atoms with E-state index in [1.54, 1.807) is 0 Å². The second-order valence-electron chi connectivity index (χ2n) is 10.1. The zero-order chi connectivity index (χ0) is 18.0. The first-order chi connectivity index (χ1) is 11.0. The van der Waals surface area contributed by atoms with Gasteiger partial charge < -0.3 is 4.43 Å². The summed E-state index contributed by atoms with van der Waals surface area (Å²) in [5.41, 5.74) is 0.484. The highest BCUT2D eigenvalue weighted by Crippen LogP contribution is 2.50. The van der Waals surface area contributed by atoms with Crippen molar-refractivity contribution in [2.24, 2.45) is 17.3 Å². The SMILES string of the molecule is CC1(C)CCC[C@H](CO[Si](C)(C)C(C)(C)C)[C@H]1CC1SCCCS1. The third-order valence-electron chi connectivity index (χ3n) is 6.78. The van der Waals surface area contributed by atoms with E-state index in [4.69, 9.17) is 4.43 Å². The zero-order valence-corrected chi connectivity index (χ0v) is 19.7. The Morgan fingerprint density at radius 1 is 1.08 bits per heavy atom. The van der Waals surface area contributed by atoms with E-state index in [1.807, 2.05) is 0 Å². The summed E-state index contributed by atoms with van der Waals surface area (Å²) < 4.78 is 7.50. The lowest BCUT2D eigenvalue weighted by Crippen LogP contribution is -2.45. The Morgan fingerprint density at radius 2 is 1.71 bits per heavy atom. The van der Waals surface area contributed by atoms with Crippen LogP contribution < -0.4 is 0 Å². The molecule has 1 heterocycles. The summed E-state index contributed by atoms with van der Waals surface area (Å²) in [6, 6.07) is 0. The molecule has 2 rings (SSSR count). The predicted octanol–water partition coefficient (Wildman–Crippen LogP) is 7.04. The van der Waals surface area contributed by atoms with E-state index in [1.165, 1.54) is 43.6 Å². The van der Waals surface area contributed by atoms with Crippen LogP contribution in [0.15, 0.2) is 0 Å². The van der Waals surface area contributed by atoms with E-state index < -0.39 is 8.32 Å². The van der Waals surface area contributed by atoms with Gasteiger partial charge in [0.15, 0.2) is 8.32 Å². The smallest absolute Gasteiger partial charge is 0.191 e. The Kier molecular flexibility index (Phi) is 7.30. The van der Waals surface area contributed by atoms with Crippen molar-refractivity contribution in [3.63, 3.8) is 0 Å². The van der Waals surface area contributed by atoms with Crippen molar-refractivity contribution >= 4 is 31.8 Å². The van der Waals surface area contributed by atoms with Crippen LogP contribution in [-0.4, -0.2) is 31.0 Å². The molecule has 0 bridgehead atoms. The summed E-state index contributed by atoms with van der Waals surface area (Å²) in [7, 11) is -1.63. The Balaban J connectivity index is 2.02. The lowest BCUT2D eigenvalue weighted by atomic mass is 9.63. The fraction of sp³-hybridized carbons (Fsp3) is 1.00. The predicted molar refractivity (Wildman–Crippen MR) is 116 cm³/mol. The Labute approximate surface area is 161 Å². The molecular formula is C20H40OS2Si. The third-order valence-corrected chi connectivity index (χ3v) is 14.3. The molecule has 1 nitrogen and oxygen atoms in total. The molecule has 1 aliphatic heterocycles. The van der Waals surface area contributed by atoms with E-state index in [0.717, 1.165) is 23.0 Å². The molecule has 0 aromatic heterocycles. The van der Waals surface area contributed by atoms with Crippen molar-refractivity contribution in [1.29, 1.82) is 0 Å². The molecule has 0 unspecified atom stereocenters. The Morgan fingerprint density at radius 3 is 2.29 bits per heavy atom. The van der Waals surface area contributed by atoms with Crippen LogP contribution in [0.1, 0.15) is 66.7 Å². The second-order valence-corrected chi connectivity index (χ2v) is 17.8. The van der Waals surface area contributed by atoms with Gasteiger partial charge in [-0.05, 0) is 72.6 Å². The lowest BCUT2D eigenvalue weighted by molar-refractivity contribution is 0.0377. The molecule has 0 amide bonds. The summed E-state index contributed by atoms with van der Waals surface area (Å²) in [6.07, 6.45) is 6.97. The van der Waals surface area contributed by atoms with E-state index >= 15 is 0 Å². The highest BCUT2D eigenvalue weighted by atomic mass is 32.2. The maximum absolute atomic E-state index is 6.67. The standard InChI is InChI=1S/C20H40OS2Si/c1-19(2,3)24(6,7)21-15-16-10-8-11-20(4,5)17(16)14-18-22-12-9-13-23-18/h16-18H,8-15H2,1-7H3/t16-,17-/m1/s1. The normalized spacial score (nSPS) is 29.6.